The first-order valence-electron chi connectivity index (χ1n) is 8.34. The topological polar surface area (TPSA) is 99.8 Å². The molecule has 4 aromatic rings. The van der Waals surface area contributed by atoms with E-state index in [-0.39, 0.29) is 23.3 Å². The molecule has 1 aromatic carbocycles. The second-order valence-electron chi connectivity index (χ2n) is 6.09. The molecule has 0 radical (unpaired) electrons. The second kappa shape index (κ2) is 7.18. The van der Waals surface area contributed by atoms with Gasteiger partial charge in [-0.25, -0.2) is 9.97 Å². The Balaban J connectivity index is 1.91. The molecular weight excluding hydrogens is 378 g/mol. The van der Waals surface area contributed by atoms with Crippen molar-refractivity contribution in [1.29, 1.82) is 0 Å². The van der Waals surface area contributed by atoms with Crippen molar-refractivity contribution in [1.82, 2.24) is 19.5 Å². The Morgan fingerprint density at radius 3 is 2.75 bits per heavy atom. The summed E-state index contributed by atoms with van der Waals surface area (Å²) >= 11 is 5.99. The Morgan fingerprint density at radius 2 is 2.00 bits per heavy atom. The lowest BCUT2D eigenvalue weighted by Crippen LogP contribution is -2.25. The number of nitrogen functional groups attached to an aromatic ring is 1. The molecule has 0 aliphatic rings. The van der Waals surface area contributed by atoms with Crippen LogP contribution >= 0.6 is 11.6 Å². The Morgan fingerprint density at radius 1 is 1.21 bits per heavy atom. The number of nitrogens with zero attached hydrogens (tertiary/aromatic N) is 4. The van der Waals surface area contributed by atoms with E-state index in [9.17, 15) is 4.79 Å². The van der Waals surface area contributed by atoms with Crippen molar-refractivity contribution in [2.24, 2.45) is 0 Å². The fourth-order valence-corrected chi connectivity index (χ4v) is 2.91. The van der Waals surface area contributed by atoms with E-state index in [1.54, 1.807) is 12.3 Å². The van der Waals surface area contributed by atoms with Gasteiger partial charge in [0.1, 0.15) is 11.3 Å². The zero-order chi connectivity index (χ0) is 19.7. The summed E-state index contributed by atoms with van der Waals surface area (Å²) in [6, 6.07) is 9.36. The van der Waals surface area contributed by atoms with Crippen molar-refractivity contribution in [3.63, 3.8) is 0 Å². The highest BCUT2D eigenvalue weighted by molar-refractivity contribution is 6.29. The Bertz CT molecular complexity index is 1310. The van der Waals surface area contributed by atoms with E-state index in [0.717, 1.165) is 11.1 Å². The molecule has 0 aliphatic heterocycles. The molecule has 0 saturated heterocycles. The predicted molar refractivity (Wildman–Crippen MR) is 106 cm³/mol. The molecule has 3 heterocycles. The number of benzene rings is 1. The Labute approximate surface area is 164 Å². The van der Waals surface area contributed by atoms with E-state index in [1.165, 1.54) is 11.0 Å². The van der Waals surface area contributed by atoms with Gasteiger partial charge in [0.05, 0.1) is 12.1 Å². The van der Waals surface area contributed by atoms with Gasteiger partial charge < -0.3 is 10.2 Å². The number of nitrogens with two attached hydrogens (primary N) is 1. The van der Waals surface area contributed by atoms with Crippen LogP contribution in [-0.4, -0.2) is 19.5 Å². The lowest BCUT2D eigenvalue weighted by atomic mass is 10.1. The van der Waals surface area contributed by atoms with Crippen molar-refractivity contribution >= 4 is 28.6 Å². The van der Waals surface area contributed by atoms with Crippen LogP contribution < -0.4 is 11.3 Å². The molecule has 138 valence electrons. The minimum atomic E-state index is -0.328. The summed E-state index contributed by atoms with van der Waals surface area (Å²) in [6.45, 7) is 2.03. The van der Waals surface area contributed by atoms with Crippen LogP contribution in [0.2, 0.25) is 5.22 Å². The number of hydrogen-bond acceptors (Lipinski definition) is 6. The van der Waals surface area contributed by atoms with Gasteiger partial charge in [0, 0.05) is 17.1 Å². The molecule has 2 N–H and O–H groups in total. The summed E-state index contributed by atoms with van der Waals surface area (Å²) in [7, 11) is 0. The Hall–Kier alpha value is -3.63. The average molecular weight is 392 g/mol. The number of aromatic nitrogens is 4. The third-order valence-corrected chi connectivity index (χ3v) is 4.53. The molecule has 0 aliphatic carbocycles. The highest BCUT2D eigenvalue weighted by Gasteiger charge is 2.14. The molecule has 0 fully saturated rings. The van der Waals surface area contributed by atoms with E-state index >= 15 is 0 Å². The molecule has 0 bridgehead atoms. The summed E-state index contributed by atoms with van der Waals surface area (Å²) < 4.78 is 6.43. The maximum Gasteiger partial charge on any atom is 0.268 e. The molecular formula is C20H14ClN5O2. The molecule has 8 heteroatoms. The van der Waals surface area contributed by atoms with Gasteiger partial charge in [-0.2, -0.15) is 4.98 Å². The fourth-order valence-electron chi connectivity index (χ4n) is 2.76. The monoisotopic (exact) mass is 391 g/mol. The minimum absolute atomic E-state index is 0.0608. The lowest BCUT2D eigenvalue weighted by Gasteiger charge is -2.09. The quantitative estimate of drug-likeness (QED) is 0.527. The zero-order valence-corrected chi connectivity index (χ0v) is 15.6. The fraction of sp³-hybridized carbons (Fsp3) is 0.100. The summed E-state index contributed by atoms with van der Waals surface area (Å²) in [4.78, 5) is 25.4. The van der Waals surface area contributed by atoms with Crippen molar-refractivity contribution in [3.8, 4) is 11.8 Å². The van der Waals surface area contributed by atoms with Crippen molar-refractivity contribution in [3.05, 3.63) is 80.9 Å². The Kier molecular flexibility index (Phi) is 4.55. The third kappa shape index (κ3) is 3.33. The van der Waals surface area contributed by atoms with Gasteiger partial charge in [-0.15, -0.1) is 0 Å². The number of hydrogen-bond donors (Lipinski definition) is 1. The van der Waals surface area contributed by atoms with Gasteiger partial charge in [-0.05, 0) is 36.2 Å². The summed E-state index contributed by atoms with van der Waals surface area (Å²) in [5.41, 5.74) is 8.35. The van der Waals surface area contributed by atoms with Crippen LogP contribution in [0.5, 0.6) is 0 Å². The first-order valence-corrected chi connectivity index (χ1v) is 8.72. The normalized spacial score (nSPS) is 10.6. The van der Waals surface area contributed by atoms with E-state index < -0.39 is 0 Å². The number of fused-ring (bicyclic) bond motifs is 1. The summed E-state index contributed by atoms with van der Waals surface area (Å²) in [6.07, 6.45) is 2.77. The highest BCUT2D eigenvalue weighted by atomic mass is 35.5. The number of oxazole rings is 1. The maximum atomic E-state index is 13.1. The van der Waals surface area contributed by atoms with E-state index in [4.69, 9.17) is 21.8 Å². The van der Waals surface area contributed by atoms with Gasteiger partial charge in [0.25, 0.3) is 5.56 Å². The van der Waals surface area contributed by atoms with Crippen molar-refractivity contribution in [2.75, 3.05) is 5.73 Å². The maximum absolute atomic E-state index is 13.1. The van der Waals surface area contributed by atoms with E-state index in [0.29, 0.717) is 22.3 Å². The minimum Gasteiger partial charge on any atom is -0.432 e. The largest absolute Gasteiger partial charge is 0.432 e. The summed E-state index contributed by atoms with van der Waals surface area (Å²) in [5, 5.41) is 0.737. The van der Waals surface area contributed by atoms with Crippen LogP contribution in [0.25, 0.3) is 11.0 Å². The van der Waals surface area contributed by atoms with Crippen LogP contribution in [0.15, 0.2) is 52.1 Å². The second-order valence-corrected chi connectivity index (χ2v) is 6.44. The van der Waals surface area contributed by atoms with Crippen LogP contribution in [0.1, 0.15) is 22.4 Å². The molecule has 0 unspecified atom stereocenters. The highest BCUT2D eigenvalue weighted by Crippen LogP contribution is 2.17. The molecule has 7 nitrogen and oxygen atoms in total. The van der Waals surface area contributed by atoms with Gasteiger partial charge in [0.2, 0.25) is 11.2 Å². The van der Waals surface area contributed by atoms with Gasteiger partial charge in [0.15, 0.2) is 6.39 Å². The number of rotatable bonds is 2. The van der Waals surface area contributed by atoms with Gasteiger partial charge in [-0.1, -0.05) is 30.0 Å². The van der Waals surface area contributed by atoms with E-state index in [2.05, 4.69) is 26.8 Å². The molecule has 0 atom stereocenters. The van der Waals surface area contributed by atoms with Gasteiger partial charge >= 0.3 is 0 Å². The summed E-state index contributed by atoms with van der Waals surface area (Å²) in [5.74, 6) is 6.08. The zero-order valence-electron chi connectivity index (χ0n) is 14.8. The van der Waals surface area contributed by atoms with Crippen LogP contribution in [0, 0.1) is 18.8 Å². The molecule has 0 amide bonds. The number of halogens is 1. The SMILES string of the molecule is Cc1ccccc1C#Cc1cc2cnc(N)nc2n(Cc2ncoc2Cl)c1=O. The standard InChI is InChI=1S/C20H14ClN5O2/c1-12-4-2-3-5-13(12)6-7-14-8-15-9-23-20(22)25-18(15)26(19(14)27)10-16-17(21)28-11-24-16/h2-5,8-9,11H,10H2,1H3,(H2,22,23,25). The van der Waals surface area contributed by atoms with Crippen molar-refractivity contribution in [2.45, 2.75) is 13.5 Å². The van der Waals surface area contributed by atoms with E-state index in [1.807, 2.05) is 31.2 Å². The third-order valence-electron chi connectivity index (χ3n) is 4.22. The molecule has 0 spiro atoms. The van der Waals surface area contributed by atoms with Crippen LogP contribution in [0.4, 0.5) is 5.95 Å². The van der Waals surface area contributed by atoms with Crippen LogP contribution in [-0.2, 0) is 6.54 Å². The molecule has 0 saturated carbocycles. The molecule has 28 heavy (non-hydrogen) atoms. The average Bonchev–Trinajstić information content (AvgIpc) is 3.09. The molecule has 4 rings (SSSR count). The van der Waals surface area contributed by atoms with Gasteiger partial charge in [-0.3, -0.25) is 9.36 Å². The molecule has 3 aromatic heterocycles. The number of aryl methyl sites for hydroxylation is 1. The van der Waals surface area contributed by atoms with Crippen LogP contribution in [0.3, 0.4) is 0 Å². The predicted octanol–water partition coefficient (Wildman–Crippen LogP) is 2.77. The first-order chi connectivity index (χ1) is 13.5. The number of anilines is 1. The lowest BCUT2D eigenvalue weighted by molar-refractivity contribution is 0.557. The smallest absolute Gasteiger partial charge is 0.268 e. The first kappa shape index (κ1) is 17.8. The number of pyridine rings is 1. The van der Waals surface area contributed by atoms with Crippen molar-refractivity contribution < 1.29 is 4.42 Å².